The molecule has 0 radical (unpaired) electrons. The van der Waals surface area contributed by atoms with E-state index < -0.39 is 52.4 Å². The van der Waals surface area contributed by atoms with E-state index in [1.807, 2.05) is 0 Å². The molecule has 0 bridgehead atoms. The second-order valence-electron chi connectivity index (χ2n) is 8.15. The quantitative estimate of drug-likeness (QED) is 0.225. The molecule has 194 valence electrons. The lowest BCUT2D eigenvalue weighted by Crippen LogP contribution is -2.25. The molecular formula is C23H22N4O8S2. The molecule has 0 saturated heterocycles. The van der Waals surface area contributed by atoms with Crippen LogP contribution in [0, 0.1) is 34.1 Å². The molecule has 0 aliphatic carbocycles. The minimum absolute atomic E-state index is 0.0557. The Bertz CT molecular complexity index is 1500. The maximum absolute atomic E-state index is 13.0. The molecule has 3 aromatic rings. The second kappa shape index (κ2) is 10.8. The fourth-order valence-corrected chi connectivity index (χ4v) is 6.00. The van der Waals surface area contributed by atoms with Crippen molar-refractivity contribution in [3.8, 4) is 0 Å². The third kappa shape index (κ3) is 6.95. The maximum atomic E-state index is 13.0. The SMILES string of the molecule is Cc1ccc(S(=O)(=O)CC(CS(=O)(=O)c2ccc(C)cc2)=NNc2ccc([N+](=O)[O-])cc2[N+](=O)[O-])cc1. The molecule has 3 rings (SSSR count). The second-order valence-corrected chi connectivity index (χ2v) is 12.1. The van der Waals surface area contributed by atoms with Crippen LogP contribution in [0.3, 0.4) is 0 Å². The Balaban J connectivity index is 2.02. The van der Waals surface area contributed by atoms with Crippen LogP contribution in [0.15, 0.2) is 81.6 Å². The number of non-ortho nitro benzene ring substituents is 1. The van der Waals surface area contributed by atoms with E-state index in [4.69, 9.17) is 0 Å². The van der Waals surface area contributed by atoms with E-state index in [-0.39, 0.29) is 21.2 Å². The van der Waals surface area contributed by atoms with E-state index in [9.17, 15) is 37.1 Å². The number of sulfone groups is 2. The number of anilines is 1. The lowest BCUT2D eigenvalue weighted by molar-refractivity contribution is -0.393. The van der Waals surface area contributed by atoms with Crippen molar-refractivity contribution >= 4 is 42.4 Å². The van der Waals surface area contributed by atoms with Crippen LogP contribution in [0.25, 0.3) is 0 Å². The molecule has 0 unspecified atom stereocenters. The first-order valence-corrected chi connectivity index (χ1v) is 13.9. The number of aryl methyl sites for hydroxylation is 2. The molecule has 0 amide bonds. The summed E-state index contributed by atoms with van der Waals surface area (Å²) in [5.41, 5.74) is 2.11. The van der Waals surface area contributed by atoms with Gasteiger partial charge in [-0.25, -0.2) is 16.8 Å². The zero-order valence-corrected chi connectivity index (χ0v) is 21.3. The van der Waals surface area contributed by atoms with Crippen LogP contribution in [-0.4, -0.2) is 43.9 Å². The highest BCUT2D eigenvalue weighted by molar-refractivity contribution is 7.93. The molecule has 0 aromatic heterocycles. The number of nitrogens with one attached hydrogen (secondary N) is 1. The third-order valence-electron chi connectivity index (χ3n) is 5.20. The summed E-state index contributed by atoms with van der Waals surface area (Å²) in [5.74, 6) is -1.59. The Labute approximate surface area is 212 Å². The molecule has 0 saturated carbocycles. The number of nitro groups is 2. The van der Waals surface area contributed by atoms with E-state index in [1.54, 1.807) is 38.1 Å². The van der Waals surface area contributed by atoms with Crippen molar-refractivity contribution < 1.29 is 26.7 Å². The van der Waals surface area contributed by atoms with Gasteiger partial charge in [0.1, 0.15) is 5.69 Å². The average molecular weight is 547 g/mol. The Hall–Kier alpha value is -4.17. The normalized spacial score (nSPS) is 11.5. The molecule has 0 aliphatic rings. The van der Waals surface area contributed by atoms with Crippen LogP contribution in [0.2, 0.25) is 0 Å². The van der Waals surface area contributed by atoms with E-state index >= 15 is 0 Å². The largest absolute Gasteiger partial charge is 0.301 e. The minimum Gasteiger partial charge on any atom is -0.272 e. The Morgan fingerprint density at radius 1 is 0.757 bits per heavy atom. The van der Waals surface area contributed by atoms with Gasteiger partial charge in [-0.15, -0.1) is 0 Å². The van der Waals surface area contributed by atoms with Crippen LogP contribution in [0.4, 0.5) is 17.1 Å². The summed E-state index contributed by atoms with van der Waals surface area (Å²) in [6, 6.07) is 14.6. The molecule has 37 heavy (non-hydrogen) atoms. The highest BCUT2D eigenvalue weighted by atomic mass is 32.2. The van der Waals surface area contributed by atoms with Gasteiger partial charge in [0.05, 0.1) is 42.9 Å². The molecule has 14 heteroatoms. The molecule has 0 aliphatic heterocycles. The molecule has 0 heterocycles. The zero-order valence-electron chi connectivity index (χ0n) is 19.7. The van der Waals surface area contributed by atoms with Crippen molar-refractivity contribution in [1.29, 1.82) is 0 Å². The van der Waals surface area contributed by atoms with Crippen molar-refractivity contribution in [2.24, 2.45) is 5.10 Å². The molecule has 0 spiro atoms. The molecule has 1 N–H and O–H groups in total. The lowest BCUT2D eigenvalue weighted by atomic mass is 10.2. The minimum atomic E-state index is -4.04. The van der Waals surface area contributed by atoms with Crippen molar-refractivity contribution in [3.63, 3.8) is 0 Å². The van der Waals surface area contributed by atoms with Gasteiger partial charge in [0.15, 0.2) is 19.7 Å². The fourth-order valence-electron chi connectivity index (χ4n) is 3.22. The predicted octanol–water partition coefficient (Wildman–Crippen LogP) is 3.84. The number of benzene rings is 3. The summed E-state index contributed by atoms with van der Waals surface area (Å²) >= 11 is 0. The monoisotopic (exact) mass is 546 g/mol. The first-order valence-electron chi connectivity index (χ1n) is 10.6. The summed E-state index contributed by atoms with van der Waals surface area (Å²) in [5, 5.41) is 26.3. The van der Waals surface area contributed by atoms with Crippen molar-refractivity contribution in [1.82, 2.24) is 0 Å². The van der Waals surface area contributed by atoms with Gasteiger partial charge in [-0.05, 0) is 44.2 Å². The Morgan fingerprint density at radius 3 is 1.62 bits per heavy atom. The van der Waals surface area contributed by atoms with E-state index in [0.29, 0.717) is 6.07 Å². The Morgan fingerprint density at radius 2 is 1.22 bits per heavy atom. The summed E-state index contributed by atoms with van der Waals surface area (Å²) in [7, 11) is -8.09. The topological polar surface area (TPSA) is 179 Å². The zero-order chi connectivity index (χ0) is 27.4. The molecule has 0 fully saturated rings. The highest BCUT2D eigenvalue weighted by Gasteiger charge is 2.25. The van der Waals surface area contributed by atoms with Gasteiger partial charge >= 0.3 is 5.69 Å². The number of hydrazone groups is 1. The Kier molecular flexibility index (Phi) is 8.03. The van der Waals surface area contributed by atoms with Crippen LogP contribution in [0.1, 0.15) is 11.1 Å². The number of nitrogens with zero attached hydrogens (tertiary/aromatic N) is 3. The smallest absolute Gasteiger partial charge is 0.272 e. The van der Waals surface area contributed by atoms with Crippen LogP contribution in [0.5, 0.6) is 0 Å². The summed E-state index contributed by atoms with van der Waals surface area (Å²) in [6.45, 7) is 3.55. The first-order chi connectivity index (χ1) is 17.3. The van der Waals surface area contributed by atoms with Gasteiger partial charge in [-0.1, -0.05) is 35.4 Å². The van der Waals surface area contributed by atoms with Crippen LogP contribution >= 0.6 is 0 Å². The number of rotatable bonds is 10. The van der Waals surface area contributed by atoms with E-state index in [0.717, 1.165) is 23.3 Å². The third-order valence-corrected chi connectivity index (χ3v) is 8.60. The van der Waals surface area contributed by atoms with Gasteiger partial charge in [0.2, 0.25) is 0 Å². The number of hydrogen-bond donors (Lipinski definition) is 1. The van der Waals surface area contributed by atoms with Gasteiger partial charge in [0, 0.05) is 6.07 Å². The van der Waals surface area contributed by atoms with Crippen molar-refractivity contribution in [2.45, 2.75) is 23.6 Å². The summed E-state index contributed by atoms with van der Waals surface area (Å²) in [4.78, 5) is 20.6. The fraction of sp³-hybridized carbons (Fsp3) is 0.174. The summed E-state index contributed by atoms with van der Waals surface area (Å²) in [6.07, 6.45) is 0. The van der Waals surface area contributed by atoms with Gasteiger partial charge in [-0.2, -0.15) is 5.10 Å². The molecule has 3 aromatic carbocycles. The summed E-state index contributed by atoms with van der Waals surface area (Å²) < 4.78 is 52.2. The first kappa shape index (κ1) is 27.4. The van der Waals surface area contributed by atoms with E-state index in [1.165, 1.54) is 24.3 Å². The standard InChI is InChI=1S/C23H22N4O8S2/c1-16-3-8-20(9-4-16)36(32,33)14-18(15-37(34,35)21-10-5-17(2)6-11-21)24-25-22-12-7-19(26(28)29)13-23(22)27(30)31/h3-13,25H,14-15H2,1-2H3. The van der Waals surface area contributed by atoms with Crippen molar-refractivity contribution in [2.75, 3.05) is 16.9 Å². The lowest BCUT2D eigenvalue weighted by Gasteiger charge is -2.11. The molecule has 12 nitrogen and oxygen atoms in total. The van der Waals surface area contributed by atoms with Crippen LogP contribution < -0.4 is 5.43 Å². The van der Waals surface area contributed by atoms with E-state index in [2.05, 4.69) is 10.5 Å². The highest BCUT2D eigenvalue weighted by Crippen LogP contribution is 2.29. The van der Waals surface area contributed by atoms with Crippen molar-refractivity contribution in [3.05, 3.63) is 98.1 Å². The van der Waals surface area contributed by atoms with Gasteiger partial charge in [-0.3, -0.25) is 25.7 Å². The maximum Gasteiger partial charge on any atom is 0.301 e. The van der Waals surface area contributed by atoms with Gasteiger partial charge < -0.3 is 0 Å². The van der Waals surface area contributed by atoms with Gasteiger partial charge in [0.25, 0.3) is 5.69 Å². The molecular weight excluding hydrogens is 524 g/mol. The number of nitro benzene ring substituents is 2. The average Bonchev–Trinajstić information content (AvgIpc) is 2.82. The predicted molar refractivity (Wildman–Crippen MR) is 137 cm³/mol. The molecule has 0 atom stereocenters. The number of hydrogen-bond acceptors (Lipinski definition) is 10. The van der Waals surface area contributed by atoms with Crippen LogP contribution in [-0.2, 0) is 19.7 Å².